The van der Waals surface area contributed by atoms with E-state index < -0.39 is 18.3 Å². The first-order valence-corrected chi connectivity index (χ1v) is 6.15. The molecule has 1 aromatic heterocycles. The number of aryl methyl sites for hydroxylation is 1. The average molecular weight is 260 g/mol. The van der Waals surface area contributed by atoms with Crippen molar-refractivity contribution in [3.63, 3.8) is 0 Å². The van der Waals surface area contributed by atoms with E-state index in [0.717, 1.165) is 23.3 Å². The highest BCUT2D eigenvalue weighted by atomic mass is 32.1. The van der Waals surface area contributed by atoms with Crippen molar-refractivity contribution in [1.82, 2.24) is 5.32 Å². The maximum atomic E-state index is 12.2. The van der Waals surface area contributed by atoms with Crippen LogP contribution in [0.4, 0.5) is 13.2 Å². The molecule has 1 unspecified atom stereocenters. The zero-order valence-electron chi connectivity index (χ0n) is 8.97. The molecule has 17 heavy (non-hydrogen) atoms. The van der Waals surface area contributed by atoms with Gasteiger partial charge in [-0.3, -0.25) is 5.32 Å². The second kappa shape index (κ2) is 4.31. The SMILES string of the molecule is N#CC1(NCC(F)(F)F)CCCc2sccc21. The molecule has 1 heterocycles. The van der Waals surface area contributed by atoms with E-state index in [-0.39, 0.29) is 0 Å². The Kier molecular flexibility index (Phi) is 3.15. The highest BCUT2D eigenvalue weighted by Gasteiger charge is 2.40. The molecule has 0 aliphatic heterocycles. The number of nitrogens with zero attached hydrogens (tertiary/aromatic N) is 1. The standard InChI is InChI=1S/C11H11F3N2S/c12-11(13,14)7-16-10(6-15)4-1-2-9-8(10)3-5-17-9/h3,5,16H,1-2,4,7H2. The number of rotatable bonds is 2. The van der Waals surface area contributed by atoms with E-state index in [1.165, 1.54) is 11.3 Å². The molecule has 1 aliphatic rings. The van der Waals surface area contributed by atoms with Crippen LogP contribution in [0.25, 0.3) is 0 Å². The second-order valence-corrected chi connectivity index (χ2v) is 5.10. The number of halogens is 3. The topological polar surface area (TPSA) is 35.8 Å². The van der Waals surface area contributed by atoms with Gasteiger partial charge in [-0.2, -0.15) is 18.4 Å². The van der Waals surface area contributed by atoms with E-state index in [4.69, 9.17) is 0 Å². The molecule has 0 aromatic carbocycles. The molecule has 0 fully saturated rings. The van der Waals surface area contributed by atoms with Crippen molar-refractivity contribution < 1.29 is 13.2 Å². The third-order valence-electron chi connectivity index (χ3n) is 2.94. The van der Waals surface area contributed by atoms with Crippen LogP contribution in [-0.2, 0) is 12.0 Å². The summed E-state index contributed by atoms with van der Waals surface area (Å²) in [4.78, 5) is 1.02. The summed E-state index contributed by atoms with van der Waals surface area (Å²) < 4.78 is 36.7. The Bertz CT molecular complexity index is 446. The number of alkyl halides is 3. The highest BCUT2D eigenvalue weighted by Crippen LogP contribution is 2.38. The van der Waals surface area contributed by atoms with E-state index in [2.05, 4.69) is 5.32 Å². The predicted molar refractivity (Wildman–Crippen MR) is 58.6 cm³/mol. The Morgan fingerprint density at radius 3 is 2.94 bits per heavy atom. The van der Waals surface area contributed by atoms with Crippen molar-refractivity contribution in [2.45, 2.75) is 31.0 Å². The van der Waals surface area contributed by atoms with Crippen LogP contribution in [0.1, 0.15) is 23.3 Å². The van der Waals surface area contributed by atoms with Crippen LogP contribution in [0, 0.1) is 11.3 Å². The molecule has 0 amide bonds. The molecule has 1 N–H and O–H groups in total. The molecular weight excluding hydrogens is 249 g/mol. The lowest BCUT2D eigenvalue weighted by molar-refractivity contribution is -0.128. The van der Waals surface area contributed by atoms with E-state index in [1.807, 2.05) is 11.4 Å². The molecule has 92 valence electrons. The normalized spacial score (nSPS) is 24.1. The molecule has 6 heteroatoms. The number of hydrogen-bond donors (Lipinski definition) is 1. The van der Waals surface area contributed by atoms with Gasteiger partial charge in [0.05, 0.1) is 12.6 Å². The first kappa shape index (κ1) is 12.4. The molecule has 1 atom stereocenters. The largest absolute Gasteiger partial charge is 0.401 e. The Morgan fingerprint density at radius 2 is 2.29 bits per heavy atom. The first-order valence-electron chi connectivity index (χ1n) is 5.27. The van der Waals surface area contributed by atoms with Gasteiger partial charge < -0.3 is 0 Å². The Morgan fingerprint density at radius 1 is 1.53 bits per heavy atom. The highest BCUT2D eigenvalue weighted by molar-refractivity contribution is 7.10. The Balaban J connectivity index is 2.26. The van der Waals surface area contributed by atoms with Crippen LogP contribution < -0.4 is 5.32 Å². The van der Waals surface area contributed by atoms with Crippen LogP contribution in [-0.4, -0.2) is 12.7 Å². The summed E-state index contributed by atoms with van der Waals surface area (Å²) in [6.07, 6.45) is -2.27. The predicted octanol–water partition coefficient (Wildman–Crippen LogP) is 2.96. The molecule has 0 saturated heterocycles. The van der Waals surface area contributed by atoms with Crippen molar-refractivity contribution in [1.29, 1.82) is 5.26 Å². The van der Waals surface area contributed by atoms with Crippen LogP contribution in [0.15, 0.2) is 11.4 Å². The fourth-order valence-electron chi connectivity index (χ4n) is 2.15. The smallest absolute Gasteiger partial charge is 0.287 e. The quantitative estimate of drug-likeness (QED) is 0.887. The first-order chi connectivity index (χ1) is 7.97. The van der Waals surface area contributed by atoms with Gasteiger partial charge in [-0.15, -0.1) is 11.3 Å². The number of nitriles is 1. The molecule has 2 rings (SSSR count). The van der Waals surface area contributed by atoms with Gasteiger partial charge in [-0.25, -0.2) is 0 Å². The summed E-state index contributed by atoms with van der Waals surface area (Å²) >= 11 is 1.50. The maximum absolute atomic E-state index is 12.2. The molecule has 2 nitrogen and oxygen atoms in total. The molecule has 0 bridgehead atoms. The summed E-state index contributed by atoms with van der Waals surface area (Å²) in [6.45, 7) is -1.13. The maximum Gasteiger partial charge on any atom is 0.401 e. The molecular formula is C11H11F3N2S. The van der Waals surface area contributed by atoms with E-state index >= 15 is 0 Å². The number of thiophene rings is 1. The van der Waals surface area contributed by atoms with Gasteiger partial charge in [0, 0.05) is 10.4 Å². The van der Waals surface area contributed by atoms with Crippen molar-refractivity contribution in [2.75, 3.05) is 6.54 Å². The minimum absolute atomic E-state index is 0.434. The minimum Gasteiger partial charge on any atom is -0.287 e. The summed E-state index contributed by atoms with van der Waals surface area (Å²) in [6, 6.07) is 3.78. The van der Waals surface area contributed by atoms with Gasteiger partial charge in [0.15, 0.2) is 0 Å². The lowest BCUT2D eigenvalue weighted by Gasteiger charge is -2.32. The van der Waals surface area contributed by atoms with Crippen molar-refractivity contribution in [2.24, 2.45) is 0 Å². The number of nitrogens with one attached hydrogen (secondary N) is 1. The van der Waals surface area contributed by atoms with E-state index in [9.17, 15) is 18.4 Å². The minimum atomic E-state index is -4.29. The molecule has 1 aromatic rings. The second-order valence-electron chi connectivity index (χ2n) is 4.10. The molecule has 0 spiro atoms. The Labute approximate surface area is 101 Å². The van der Waals surface area contributed by atoms with Crippen molar-refractivity contribution in [3.8, 4) is 6.07 Å². The number of fused-ring (bicyclic) bond motifs is 1. The van der Waals surface area contributed by atoms with Gasteiger partial charge in [0.1, 0.15) is 5.54 Å². The van der Waals surface area contributed by atoms with E-state index in [1.54, 1.807) is 6.07 Å². The zero-order valence-corrected chi connectivity index (χ0v) is 9.79. The monoisotopic (exact) mass is 260 g/mol. The summed E-state index contributed by atoms with van der Waals surface area (Å²) in [7, 11) is 0. The lowest BCUT2D eigenvalue weighted by atomic mass is 9.81. The Hall–Kier alpha value is -1.06. The third kappa shape index (κ3) is 2.45. The van der Waals surface area contributed by atoms with Crippen LogP contribution in [0.5, 0.6) is 0 Å². The van der Waals surface area contributed by atoms with E-state index in [0.29, 0.717) is 6.42 Å². The van der Waals surface area contributed by atoms with Gasteiger partial charge in [0.25, 0.3) is 0 Å². The lowest BCUT2D eigenvalue weighted by Crippen LogP contribution is -2.47. The summed E-state index contributed by atoms with van der Waals surface area (Å²) in [5.74, 6) is 0. The molecule has 0 saturated carbocycles. The van der Waals surface area contributed by atoms with Crippen LogP contribution >= 0.6 is 11.3 Å². The summed E-state index contributed by atoms with van der Waals surface area (Å²) in [5.41, 5.74) is -0.441. The van der Waals surface area contributed by atoms with Crippen LogP contribution in [0.3, 0.4) is 0 Å². The van der Waals surface area contributed by atoms with Gasteiger partial charge in [-0.05, 0) is 30.7 Å². The van der Waals surface area contributed by atoms with Crippen LogP contribution in [0.2, 0.25) is 0 Å². The zero-order chi connectivity index (χ0) is 12.5. The fourth-order valence-corrected chi connectivity index (χ4v) is 3.15. The third-order valence-corrected chi connectivity index (χ3v) is 3.92. The van der Waals surface area contributed by atoms with Gasteiger partial charge >= 0.3 is 6.18 Å². The molecule has 1 aliphatic carbocycles. The molecule has 0 radical (unpaired) electrons. The van der Waals surface area contributed by atoms with Crippen molar-refractivity contribution in [3.05, 3.63) is 21.9 Å². The van der Waals surface area contributed by atoms with Gasteiger partial charge in [-0.1, -0.05) is 0 Å². The average Bonchev–Trinajstić information content (AvgIpc) is 2.74. The summed E-state index contributed by atoms with van der Waals surface area (Å²) in [5, 5.41) is 13.4. The van der Waals surface area contributed by atoms with Gasteiger partial charge in [0.2, 0.25) is 0 Å². The van der Waals surface area contributed by atoms with Crippen molar-refractivity contribution >= 4 is 11.3 Å². The fraction of sp³-hybridized carbons (Fsp3) is 0.545. The number of hydrogen-bond acceptors (Lipinski definition) is 3.